The van der Waals surface area contributed by atoms with E-state index < -0.39 is 0 Å². The van der Waals surface area contributed by atoms with Crippen LogP contribution >= 0.6 is 0 Å². The highest BCUT2D eigenvalue weighted by Gasteiger charge is 2.30. The van der Waals surface area contributed by atoms with Crippen LogP contribution in [0, 0.1) is 11.3 Å². The van der Waals surface area contributed by atoms with Crippen molar-refractivity contribution in [2.45, 2.75) is 52.4 Å². The van der Waals surface area contributed by atoms with Gasteiger partial charge in [-0.25, -0.2) is 0 Å². The van der Waals surface area contributed by atoms with Crippen LogP contribution in [0.15, 0.2) is 34.9 Å². The van der Waals surface area contributed by atoms with Crippen molar-refractivity contribution < 1.29 is 4.52 Å². The van der Waals surface area contributed by atoms with Crippen LogP contribution in [0.25, 0.3) is 11.3 Å². The molecule has 3 heteroatoms. The number of aromatic nitrogens is 1. The van der Waals surface area contributed by atoms with E-state index in [4.69, 9.17) is 10.3 Å². The van der Waals surface area contributed by atoms with Crippen LogP contribution in [0.1, 0.15) is 57.9 Å². The molecule has 0 spiro atoms. The van der Waals surface area contributed by atoms with Gasteiger partial charge in [0, 0.05) is 11.6 Å². The summed E-state index contributed by atoms with van der Waals surface area (Å²) in [6.45, 7) is 7.11. The lowest BCUT2D eigenvalue weighted by Crippen LogP contribution is -2.25. The quantitative estimate of drug-likeness (QED) is 0.824. The molecule has 3 nitrogen and oxygen atoms in total. The van der Waals surface area contributed by atoms with Crippen LogP contribution in [0.5, 0.6) is 0 Å². The molecule has 1 saturated carbocycles. The number of benzene rings is 1. The van der Waals surface area contributed by atoms with Crippen LogP contribution in [0.3, 0.4) is 0 Å². The van der Waals surface area contributed by atoms with Gasteiger partial charge in [-0.15, -0.1) is 0 Å². The Hall–Kier alpha value is -1.77. The first-order valence-electron chi connectivity index (χ1n) is 8.26. The standard InChI is InChI=1S/C19H26N2O/c1-19(2,3)16-10-8-14(9-11-16)13-4-6-15(7-5-13)17-12-18(20)21-22-17/h4-7,12,14,16H,8-11H2,1-3H3,(H2,20,21). The van der Waals surface area contributed by atoms with E-state index in [0.29, 0.717) is 17.2 Å². The van der Waals surface area contributed by atoms with E-state index in [1.165, 1.54) is 31.2 Å². The summed E-state index contributed by atoms with van der Waals surface area (Å²) in [7, 11) is 0. The Bertz CT molecular complexity index is 614. The summed E-state index contributed by atoms with van der Waals surface area (Å²) in [4.78, 5) is 0. The van der Waals surface area contributed by atoms with E-state index in [2.05, 4.69) is 50.2 Å². The molecule has 0 bridgehead atoms. The number of rotatable bonds is 2. The van der Waals surface area contributed by atoms with Crippen molar-refractivity contribution in [1.82, 2.24) is 5.16 Å². The summed E-state index contributed by atoms with van der Waals surface area (Å²) in [5, 5.41) is 3.74. The maximum Gasteiger partial charge on any atom is 0.169 e. The van der Waals surface area contributed by atoms with Gasteiger partial charge in [-0.3, -0.25) is 0 Å². The largest absolute Gasteiger partial charge is 0.381 e. The van der Waals surface area contributed by atoms with Crippen LogP contribution < -0.4 is 5.73 Å². The van der Waals surface area contributed by atoms with E-state index in [9.17, 15) is 0 Å². The zero-order valence-corrected chi connectivity index (χ0v) is 13.8. The van der Waals surface area contributed by atoms with Crippen molar-refractivity contribution in [3.05, 3.63) is 35.9 Å². The molecule has 0 atom stereocenters. The van der Waals surface area contributed by atoms with Gasteiger partial charge >= 0.3 is 0 Å². The molecule has 1 aromatic carbocycles. The molecule has 3 rings (SSSR count). The molecule has 0 amide bonds. The summed E-state index contributed by atoms with van der Waals surface area (Å²) in [5.41, 5.74) is 8.54. The van der Waals surface area contributed by atoms with Crippen molar-refractivity contribution >= 4 is 5.82 Å². The fourth-order valence-electron chi connectivity index (χ4n) is 3.64. The minimum absolute atomic E-state index is 0.430. The molecule has 0 unspecified atom stereocenters. The zero-order valence-electron chi connectivity index (χ0n) is 13.8. The van der Waals surface area contributed by atoms with Gasteiger partial charge in [0.05, 0.1) is 0 Å². The third-order valence-corrected chi connectivity index (χ3v) is 5.15. The lowest BCUT2D eigenvalue weighted by Gasteiger charge is -2.37. The van der Waals surface area contributed by atoms with Gasteiger partial charge < -0.3 is 10.3 Å². The Morgan fingerprint density at radius 2 is 1.68 bits per heavy atom. The Kier molecular flexibility index (Phi) is 3.98. The topological polar surface area (TPSA) is 52.0 Å². The Labute approximate surface area is 132 Å². The van der Waals surface area contributed by atoms with Crippen molar-refractivity contribution in [1.29, 1.82) is 0 Å². The average molecular weight is 298 g/mol. The highest BCUT2D eigenvalue weighted by Crippen LogP contribution is 2.43. The van der Waals surface area contributed by atoms with Gasteiger partial charge in [0.15, 0.2) is 11.6 Å². The van der Waals surface area contributed by atoms with Crippen LogP contribution in [-0.2, 0) is 0 Å². The molecule has 0 saturated heterocycles. The summed E-state index contributed by atoms with van der Waals surface area (Å²) in [5.74, 6) is 2.73. The molecule has 118 valence electrons. The smallest absolute Gasteiger partial charge is 0.169 e. The van der Waals surface area contributed by atoms with E-state index in [1.807, 2.05) is 0 Å². The highest BCUT2D eigenvalue weighted by molar-refractivity contribution is 5.60. The van der Waals surface area contributed by atoms with Crippen LogP contribution in [0.4, 0.5) is 5.82 Å². The molecule has 2 aromatic rings. The molecule has 2 N–H and O–H groups in total. The molecule has 1 aliphatic rings. The van der Waals surface area contributed by atoms with E-state index in [-0.39, 0.29) is 0 Å². The van der Waals surface area contributed by atoms with Crippen molar-refractivity contribution in [3.63, 3.8) is 0 Å². The van der Waals surface area contributed by atoms with Crippen LogP contribution in [0.2, 0.25) is 0 Å². The second-order valence-corrected chi connectivity index (χ2v) is 7.65. The number of nitrogens with zero attached hydrogens (tertiary/aromatic N) is 1. The third-order valence-electron chi connectivity index (χ3n) is 5.15. The molecule has 1 aliphatic carbocycles. The zero-order chi connectivity index (χ0) is 15.7. The molecule has 0 aliphatic heterocycles. The van der Waals surface area contributed by atoms with E-state index >= 15 is 0 Å². The van der Waals surface area contributed by atoms with Crippen molar-refractivity contribution in [2.75, 3.05) is 5.73 Å². The Morgan fingerprint density at radius 1 is 1.05 bits per heavy atom. The summed E-state index contributed by atoms with van der Waals surface area (Å²) in [6, 6.07) is 10.5. The molecule has 1 fully saturated rings. The van der Waals surface area contributed by atoms with Gasteiger partial charge in [0.25, 0.3) is 0 Å². The lowest BCUT2D eigenvalue weighted by atomic mass is 9.68. The van der Waals surface area contributed by atoms with Gasteiger partial charge in [-0.05, 0) is 48.5 Å². The number of hydrogen-bond donors (Lipinski definition) is 1. The Morgan fingerprint density at radius 3 is 2.18 bits per heavy atom. The van der Waals surface area contributed by atoms with E-state index in [0.717, 1.165) is 17.2 Å². The van der Waals surface area contributed by atoms with Gasteiger partial charge in [-0.2, -0.15) is 0 Å². The number of hydrogen-bond acceptors (Lipinski definition) is 3. The maximum atomic E-state index is 5.61. The first-order valence-corrected chi connectivity index (χ1v) is 8.26. The molecule has 22 heavy (non-hydrogen) atoms. The van der Waals surface area contributed by atoms with E-state index in [1.54, 1.807) is 6.07 Å². The summed E-state index contributed by atoms with van der Waals surface area (Å²) >= 11 is 0. The Balaban J connectivity index is 1.67. The monoisotopic (exact) mass is 298 g/mol. The normalized spacial score (nSPS) is 22.7. The predicted octanol–water partition coefficient (Wildman–Crippen LogP) is 5.24. The minimum atomic E-state index is 0.430. The first-order chi connectivity index (χ1) is 10.4. The predicted molar refractivity (Wildman–Crippen MR) is 90.5 cm³/mol. The first kappa shape index (κ1) is 15.1. The average Bonchev–Trinajstić information content (AvgIpc) is 2.93. The van der Waals surface area contributed by atoms with Crippen molar-refractivity contribution in [2.24, 2.45) is 11.3 Å². The molecular formula is C19H26N2O. The number of nitrogen functional groups attached to an aromatic ring is 1. The van der Waals surface area contributed by atoms with Gasteiger partial charge in [0.1, 0.15) is 0 Å². The second-order valence-electron chi connectivity index (χ2n) is 7.65. The number of anilines is 1. The highest BCUT2D eigenvalue weighted by atomic mass is 16.5. The number of nitrogens with two attached hydrogens (primary N) is 1. The summed E-state index contributed by atoms with van der Waals surface area (Å²) < 4.78 is 5.21. The third kappa shape index (κ3) is 3.18. The van der Waals surface area contributed by atoms with Gasteiger partial charge in [-0.1, -0.05) is 50.2 Å². The molecule has 1 heterocycles. The fraction of sp³-hybridized carbons (Fsp3) is 0.526. The van der Waals surface area contributed by atoms with Gasteiger partial charge in [0.2, 0.25) is 0 Å². The SMILES string of the molecule is CC(C)(C)C1CCC(c2ccc(-c3cc(N)no3)cc2)CC1. The maximum absolute atomic E-state index is 5.61. The van der Waals surface area contributed by atoms with Crippen LogP contribution in [-0.4, -0.2) is 5.16 Å². The lowest BCUT2D eigenvalue weighted by molar-refractivity contribution is 0.169. The molecular weight excluding hydrogens is 272 g/mol. The molecule has 0 radical (unpaired) electrons. The fourth-order valence-corrected chi connectivity index (χ4v) is 3.64. The minimum Gasteiger partial charge on any atom is -0.381 e. The second kappa shape index (κ2) is 5.79. The molecule has 1 aromatic heterocycles. The van der Waals surface area contributed by atoms with Crippen molar-refractivity contribution in [3.8, 4) is 11.3 Å². The summed E-state index contributed by atoms with van der Waals surface area (Å²) in [6.07, 6.45) is 5.29.